The van der Waals surface area contributed by atoms with Crippen molar-refractivity contribution >= 4 is 23.1 Å². The Morgan fingerprint density at radius 3 is 3.14 bits per heavy atom. The highest BCUT2D eigenvalue weighted by Crippen LogP contribution is 2.04. The number of nitrogens with zero attached hydrogens (tertiary/aromatic N) is 2. The smallest absolute Gasteiger partial charge is 0.263 e. The van der Waals surface area contributed by atoms with Crippen LogP contribution in [0.3, 0.4) is 0 Å². The van der Waals surface area contributed by atoms with E-state index in [0.29, 0.717) is 17.8 Å². The SMILES string of the molecule is NC(CCNC(=O)c1cncs1)=NO. The van der Waals surface area contributed by atoms with Crippen molar-refractivity contribution in [1.82, 2.24) is 10.3 Å². The van der Waals surface area contributed by atoms with E-state index in [1.165, 1.54) is 17.5 Å². The maximum absolute atomic E-state index is 11.3. The van der Waals surface area contributed by atoms with Crippen LogP contribution >= 0.6 is 11.3 Å². The molecule has 0 aliphatic carbocycles. The fourth-order valence-corrected chi connectivity index (χ4v) is 1.31. The highest BCUT2D eigenvalue weighted by atomic mass is 32.1. The van der Waals surface area contributed by atoms with Crippen LogP contribution in [0.2, 0.25) is 0 Å². The van der Waals surface area contributed by atoms with E-state index in [4.69, 9.17) is 10.9 Å². The van der Waals surface area contributed by atoms with Gasteiger partial charge < -0.3 is 16.3 Å². The van der Waals surface area contributed by atoms with Gasteiger partial charge in [-0.2, -0.15) is 0 Å². The first-order valence-corrected chi connectivity index (χ1v) is 4.75. The maximum Gasteiger partial charge on any atom is 0.263 e. The Morgan fingerprint density at radius 1 is 1.79 bits per heavy atom. The quantitative estimate of drug-likeness (QED) is 0.284. The summed E-state index contributed by atoms with van der Waals surface area (Å²) in [5, 5.41) is 13.6. The van der Waals surface area contributed by atoms with Crippen LogP contribution in [0, 0.1) is 0 Å². The van der Waals surface area contributed by atoms with Crippen LogP contribution in [-0.4, -0.2) is 28.5 Å². The number of rotatable bonds is 4. The summed E-state index contributed by atoms with van der Waals surface area (Å²) in [7, 11) is 0. The molecule has 76 valence electrons. The summed E-state index contributed by atoms with van der Waals surface area (Å²) in [5.74, 6) is -0.104. The van der Waals surface area contributed by atoms with Crippen molar-refractivity contribution < 1.29 is 10.0 Å². The van der Waals surface area contributed by atoms with Gasteiger partial charge in [0.15, 0.2) is 0 Å². The third-order valence-electron chi connectivity index (χ3n) is 1.45. The van der Waals surface area contributed by atoms with Crippen molar-refractivity contribution in [2.75, 3.05) is 6.54 Å². The van der Waals surface area contributed by atoms with Gasteiger partial charge in [-0.3, -0.25) is 9.78 Å². The molecule has 0 fully saturated rings. The average Bonchev–Trinajstić information content (AvgIpc) is 2.70. The lowest BCUT2D eigenvalue weighted by Gasteiger charge is -2.01. The molecule has 0 aromatic carbocycles. The zero-order valence-corrected chi connectivity index (χ0v) is 8.12. The molecule has 7 heteroatoms. The van der Waals surface area contributed by atoms with Crippen molar-refractivity contribution in [3.8, 4) is 0 Å². The molecule has 0 unspecified atom stereocenters. The Balaban J connectivity index is 2.29. The van der Waals surface area contributed by atoms with E-state index in [9.17, 15) is 4.79 Å². The lowest BCUT2D eigenvalue weighted by molar-refractivity contribution is 0.0958. The van der Waals surface area contributed by atoms with E-state index in [0.717, 1.165) is 0 Å². The lowest BCUT2D eigenvalue weighted by Crippen LogP contribution is -2.27. The molecular weight excluding hydrogens is 204 g/mol. The van der Waals surface area contributed by atoms with E-state index in [-0.39, 0.29) is 11.7 Å². The van der Waals surface area contributed by atoms with Gasteiger partial charge in [0.05, 0.1) is 11.7 Å². The van der Waals surface area contributed by atoms with Gasteiger partial charge in [-0.1, -0.05) is 5.16 Å². The minimum Gasteiger partial charge on any atom is -0.409 e. The highest BCUT2D eigenvalue weighted by molar-refractivity contribution is 7.11. The van der Waals surface area contributed by atoms with Crippen molar-refractivity contribution in [2.45, 2.75) is 6.42 Å². The van der Waals surface area contributed by atoms with Gasteiger partial charge in [0, 0.05) is 13.0 Å². The summed E-state index contributed by atoms with van der Waals surface area (Å²) in [5.41, 5.74) is 6.80. The van der Waals surface area contributed by atoms with E-state index in [1.807, 2.05) is 0 Å². The van der Waals surface area contributed by atoms with Crippen LogP contribution in [0.5, 0.6) is 0 Å². The van der Waals surface area contributed by atoms with Crippen molar-refractivity contribution in [3.05, 3.63) is 16.6 Å². The summed E-state index contributed by atoms with van der Waals surface area (Å²) in [6.45, 7) is 0.340. The topological polar surface area (TPSA) is 101 Å². The van der Waals surface area contributed by atoms with Crippen LogP contribution in [0.25, 0.3) is 0 Å². The molecule has 0 aliphatic heterocycles. The molecule has 6 nitrogen and oxygen atoms in total. The first-order valence-electron chi connectivity index (χ1n) is 3.87. The minimum absolute atomic E-state index is 0.0922. The Hall–Kier alpha value is -1.63. The maximum atomic E-state index is 11.3. The van der Waals surface area contributed by atoms with Gasteiger partial charge in [0.2, 0.25) is 0 Å². The fraction of sp³-hybridized carbons (Fsp3) is 0.286. The van der Waals surface area contributed by atoms with Crippen LogP contribution in [0.4, 0.5) is 0 Å². The normalized spacial score (nSPS) is 11.3. The van der Waals surface area contributed by atoms with E-state index >= 15 is 0 Å². The van der Waals surface area contributed by atoms with Crippen molar-refractivity contribution in [3.63, 3.8) is 0 Å². The van der Waals surface area contributed by atoms with Gasteiger partial charge in [0.25, 0.3) is 5.91 Å². The number of nitrogens with two attached hydrogens (primary N) is 1. The summed E-state index contributed by atoms with van der Waals surface area (Å²) < 4.78 is 0. The number of carbonyl (C=O) groups excluding carboxylic acids is 1. The van der Waals surface area contributed by atoms with Crippen molar-refractivity contribution in [2.24, 2.45) is 10.9 Å². The standard InChI is InChI=1S/C7H10N4O2S/c8-6(11-13)1-2-10-7(12)5-3-9-4-14-5/h3-4,13H,1-2H2,(H2,8,11)(H,10,12). The molecule has 0 aliphatic rings. The number of hydrogen-bond acceptors (Lipinski definition) is 5. The third kappa shape index (κ3) is 3.02. The van der Waals surface area contributed by atoms with E-state index in [1.54, 1.807) is 5.51 Å². The molecule has 0 atom stereocenters. The molecule has 1 aromatic heterocycles. The molecule has 0 saturated carbocycles. The van der Waals surface area contributed by atoms with E-state index < -0.39 is 0 Å². The Morgan fingerprint density at radius 2 is 2.57 bits per heavy atom. The molecular formula is C7H10N4O2S. The zero-order valence-electron chi connectivity index (χ0n) is 7.30. The molecule has 1 heterocycles. The molecule has 0 saturated heterocycles. The summed E-state index contributed by atoms with van der Waals surface area (Å²) in [6, 6.07) is 0. The second kappa shape index (κ2) is 5.18. The summed E-state index contributed by atoms with van der Waals surface area (Å²) in [4.78, 5) is 15.6. The number of oxime groups is 1. The second-order valence-electron chi connectivity index (χ2n) is 2.46. The molecule has 1 amide bonds. The number of amidine groups is 1. The number of amides is 1. The average molecular weight is 214 g/mol. The first-order chi connectivity index (χ1) is 6.74. The predicted molar refractivity (Wildman–Crippen MR) is 52.5 cm³/mol. The molecule has 0 radical (unpaired) electrons. The number of hydrogen-bond donors (Lipinski definition) is 3. The van der Waals surface area contributed by atoms with Gasteiger partial charge in [-0.05, 0) is 0 Å². The van der Waals surface area contributed by atoms with E-state index in [2.05, 4.69) is 15.5 Å². The molecule has 1 aromatic rings. The predicted octanol–water partition coefficient (Wildman–Crippen LogP) is 0.00940. The number of aromatic nitrogens is 1. The van der Waals surface area contributed by atoms with Gasteiger partial charge in [-0.15, -0.1) is 11.3 Å². The Kier molecular flexibility index (Phi) is 3.86. The molecule has 14 heavy (non-hydrogen) atoms. The Bertz CT molecular complexity index is 322. The third-order valence-corrected chi connectivity index (χ3v) is 2.22. The van der Waals surface area contributed by atoms with Crippen LogP contribution in [0.15, 0.2) is 16.9 Å². The van der Waals surface area contributed by atoms with Crippen LogP contribution < -0.4 is 11.1 Å². The monoisotopic (exact) mass is 214 g/mol. The lowest BCUT2D eigenvalue weighted by atomic mass is 10.4. The van der Waals surface area contributed by atoms with Crippen LogP contribution in [-0.2, 0) is 0 Å². The number of thiazole rings is 1. The minimum atomic E-state index is -0.196. The molecule has 0 spiro atoms. The van der Waals surface area contributed by atoms with Gasteiger partial charge in [-0.25, -0.2) is 0 Å². The molecule has 4 N–H and O–H groups in total. The summed E-state index contributed by atoms with van der Waals surface area (Å²) in [6.07, 6.45) is 1.81. The Labute approximate surface area is 84.4 Å². The first kappa shape index (κ1) is 10.5. The largest absolute Gasteiger partial charge is 0.409 e. The summed E-state index contributed by atoms with van der Waals surface area (Å²) >= 11 is 1.26. The van der Waals surface area contributed by atoms with Gasteiger partial charge >= 0.3 is 0 Å². The zero-order chi connectivity index (χ0) is 10.4. The fourth-order valence-electron chi connectivity index (χ4n) is 0.769. The number of carbonyl (C=O) groups is 1. The molecule has 1 rings (SSSR count). The molecule has 0 bridgehead atoms. The van der Waals surface area contributed by atoms with Gasteiger partial charge in [0.1, 0.15) is 10.7 Å². The number of nitrogens with one attached hydrogen (secondary N) is 1. The second-order valence-corrected chi connectivity index (χ2v) is 3.35. The van der Waals surface area contributed by atoms with Crippen molar-refractivity contribution in [1.29, 1.82) is 0 Å². The highest BCUT2D eigenvalue weighted by Gasteiger charge is 2.05. The van der Waals surface area contributed by atoms with Crippen LogP contribution in [0.1, 0.15) is 16.1 Å².